The Balaban J connectivity index is 1.46. The summed E-state index contributed by atoms with van der Waals surface area (Å²) in [5.41, 5.74) is 0.941. The van der Waals surface area contributed by atoms with Gasteiger partial charge >= 0.3 is 6.09 Å². The minimum absolute atomic E-state index is 0.00243. The van der Waals surface area contributed by atoms with Crippen molar-refractivity contribution in [2.45, 2.75) is 35.9 Å². The van der Waals surface area contributed by atoms with Gasteiger partial charge in [-0.1, -0.05) is 35.5 Å². The quantitative estimate of drug-likeness (QED) is 0.458. The molecule has 0 saturated carbocycles. The highest BCUT2D eigenvalue weighted by Crippen LogP contribution is 2.29. The average molecular weight is 537 g/mol. The molecule has 1 aromatic heterocycles. The van der Waals surface area contributed by atoms with Crippen LogP contribution in [-0.2, 0) is 19.6 Å². The number of halogens is 1. The van der Waals surface area contributed by atoms with E-state index >= 15 is 0 Å². The molecule has 1 N–H and O–H groups in total. The van der Waals surface area contributed by atoms with E-state index in [1.807, 2.05) is 0 Å². The van der Waals surface area contributed by atoms with Crippen LogP contribution in [0.2, 0.25) is 5.02 Å². The Bertz CT molecular complexity index is 1320. The topological polar surface area (TPSA) is 111 Å². The van der Waals surface area contributed by atoms with Crippen LogP contribution in [0, 0.1) is 0 Å². The smallest absolute Gasteiger partial charge is 0.409 e. The molecule has 9 nitrogen and oxygen atoms in total. The number of nitrogens with one attached hydrogen (secondary N) is 1. The maximum absolute atomic E-state index is 13.5. The summed E-state index contributed by atoms with van der Waals surface area (Å²) in [7, 11) is -3.97. The number of hydrogen-bond acceptors (Lipinski definition) is 7. The monoisotopic (exact) mass is 536 g/mol. The maximum Gasteiger partial charge on any atom is 0.409 e. The van der Waals surface area contributed by atoms with Gasteiger partial charge in [0.2, 0.25) is 5.91 Å². The Hall–Kier alpha value is -2.76. The normalized spacial score (nSPS) is 14.7. The Morgan fingerprint density at radius 3 is 2.51 bits per heavy atom. The third-order valence-electron chi connectivity index (χ3n) is 5.56. The second-order valence-electron chi connectivity index (χ2n) is 7.92. The second kappa shape index (κ2) is 10.9. The molecule has 2 heterocycles. The fraction of sp³-hybridized carbons (Fsp3) is 0.348. The van der Waals surface area contributed by atoms with Gasteiger partial charge in [0.1, 0.15) is 0 Å². The average Bonchev–Trinajstić information content (AvgIpc) is 3.23. The molecule has 4 rings (SSSR count). The van der Waals surface area contributed by atoms with Crippen LogP contribution in [0.1, 0.15) is 19.8 Å². The Morgan fingerprint density at radius 1 is 1.14 bits per heavy atom. The molecule has 35 heavy (non-hydrogen) atoms. The van der Waals surface area contributed by atoms with Crippen LogP contribution in [0.5, 0.6) is 0 Å². The highest BCUT2D eigenvalue weighted by molar-refractivity contribution is 8.00. The van der Waals surface area contributed by atoms with Crippen molar-refractivity contribution in [2.24, 2.45) is 0 Å². The van der Waals surface area contributed by atoms with E-state index in [1.165, 1.54) is 28.2 Å². The molecule has 0 aliphatic carbocycles. The third-order valence-corrected chi connectivity index (χ3v) is 8.59. The number of carbonyl (C=O) groups is 2. The van der Waals surface area contributed by atoms with Crippen LogP contribution >= 0.6 is 23.4 Å². The summed E-state index contributed by atoms with van der Waals surface area (Å²) in [6.07, 6.45) is 0.908. The number of nitrogens with zero attached hydrogens (tertiary/aromatic N) is 3. The molecule has 0 unspecified atom stereocenters. The molecule has 0 atom stereocenters. The number of benzene rings is 2. The fourth-order valence-corrected chi connectivity index (χ4v) is 6.49. The number of fused-ring (bicyclic) bond motifs is 1. The van der Waals surface area contributed by atoms with Crippen molar-refractivity contribution in [1.82, 2.24) is 19.2 Å². The molecule has 1 fully saturated rings. The number of carbonyl (C=O) groups excluding carboxylic acids is 2. The van der Waals surface area contributed by atoms with Crippen molar-refractivity contribution < 1.29 is 22.7 Å². The van der Waals surface area contributed by atoms with E-state index < -0.39 is 10.0 Å². The number of likely N-dealkylation sites (tertiary alicyclic amines) is 1. The van der Waals surface area contributed by atoms with Crippen molar-refractivity contribution in [3.8, 4) is 0 Å². The number of ether oxygens (including phenoxy) is 1. The van der Waals surface area contributed by atoms with E-state index in [2.05, 4.69) is 10.3 Å². The highest BCUT2D eigenvalue weighted by Gasteiger charge is 2.27. The van der Waals surface area contributed by atoms with E-state index in [9.17, 15) is 18.0 Å². The Labute approximate surface area is 212 Å². The molecular formula is C23H25ClN4O5S2. The summed E-state index contributed by atoms with van der Waals surface area (Å²) in [6, 6.07) is 12.8. The zero-order valence-electron chi connectivity index (χ0n) is 19.0. The van der Waals surface area contributed by atoms with Gasteiger partial charge in [-0.15, -0.1) is 0 Å². The number of rotatable bonds is 7. The Kier molecular flexibility index (Phi) is 7.88. The largest absolute Gasteiger partial charge is 0.450 e. The zero-order chi connectivity index (χ0) is 25.0. The van der Waals surface area contributed by atoms with Gasteiger partial charge in [0, 0.05) is 24.2 Å². The van der Waals surface area contributed by atoms with Gasteiger partial charge in [0.25, 0.3) is 10.0 Å². The minimum atomic E-state index is -3.97. The number of para-hydroxylation sites is 2. The highest BCUT2D eigenvalue weighted by atomic mass is 35.5. The van der Waals surface area contributed by atoms with Gasteiger partial charge in [0.15, 0.2) is 5.16 Å². The predicted molar refractivity (Wildman–Crippen MR) is 134 cm³/mol. The SMILES string of the molecule is CCOC(=O)N1CCC(NC(=O)CSc2nc3ccccc3n2S(=O)(=O)c2ccc(Cl)cc2)CC1. The first kappa shape index (κ1) is 25.3. The molecule has 0 bridgehead atoms. The lowest BCUT2D eigenvalue weighted by molar-refractivity contribution is -0.119. The summed E-state index contributed by atoms with van der Waals surface area (Å²) >= 11 is 6.98. The fourth-order valence-electron chi connectivity index (χ4n) is 3.84. The van der Waals surface area contributed by atoms with Crippen LogP contribution in [0.4, 0.5) is 4.79 Å². The van der Waals surface area contributed by atoms with Crippen molar-refractivity contribution in [3.05, 3.63) is 53.6 Å². The van der Waals surface area contributed by atoms with Gasteiger partial charge in [-0.2, -0.15) is 0 Å². The zero-order valence-corrected chi connectivity index (χ0v) is 21.4. The van der Waals surface area contributed by atoms with Crippen LogP contribution in [0.15, 0.2) is 58.6 Å². The number of amides is 2. The lowest BCUT2D eigenvalue weighted by Crippen LogP contribution is -2.47. The van der Waals surface area contributed by atoms with Gasteiger partial charge in [-0.05, 0) is 56.2 Å². The molecule has 0 radical (unpaired) electrons. The van der Waals surface area contributed by atoms with Crippen molar-refractivity contribution >= 4 is 56.4 Å². The molecular weight excluding hydrogens is 512 g/mol. The van der Waals surface area contributed by atoms with E-state index in [1.54, 1.807) is 36.1 Å². The first-order valence-electron chi connectivity index (χ1n) is 11.1. The second-order valence-corrected chi connectivity index (χ2v) is 11.1. The predicted octanol–water partition coefficient (Wildman–Crippen LogP) is 3.76. The first-order valence-corrected chi connectivity index (χ1v) is 13.9. The summed E-state index contributed by atoms with van der Waals surface area (Å²) < 4.78 is 33.1. The van der Waals surface area contributed by atoms with E-state index in [-0.39, 0.29) is 33.8 Å². The molecule has 186 valence electrons. The molecule has 1 aliphatic heterocycles. The first-order chi connectivity index (χ1) is 16.8. The molecule has 3 aromatic rings. The van der Waals surface area contributed by atoms with E-state index in [0.29, 0.717) is 48.6 Å². The van der Waals surface area contributed by atoms with Gasteiger partial charge < -0.3 is 15.0 Å². The van der Waals surface area contributed by atoms with Crippen LogP contribution in [0.3, 0.4) is 0 Å². The molecule has 2 aromatic carbocycles. The van der Waals surface area contributed by atoms with Gasteiger partial charge in [0.05, 0.1) is 28.3 Å². The molecule has 2 amide bonds. The van der Waals surface area contributed by atoms with E-state index in [0.717, 1.165) is 11.8 Å². The van der Waals surface area contributed by atoms with Crippen LogP contribution in [-0.4, -0.2) is 65.8 Å². The summed E-state index contributed by atoms with van der Waals surface area (Å²) in [5, 5.41) is 3.60. The van der Waals surface area contributed by atoms with Gasteiger partial charge in [-0.3, -0.25) is 4.79 Å². The Morgan fingerprint density at radius 2 is 1.83 bits per heavy atom. The standard InChI is InChI=1S/C23H25ClN4O5S2/c1-2-33-23(30)27-13-11-17(12-14-27)25-21(29)15-34-22-26-19-5-3-4-6-20(19)28(22)35(31,32)18-9-7-16(24)8-10-18/h3-10,17H,2,11-15H2,1H3,(H,25,29). The van der Waals surface area contributed by atoms with E-state index in [4.69, 9.17) is 16.3 Å². The lowest BCUT2D eigenvalue weighted by atomic mass is 10.1. The maximum atomic E-state index is 13.5. The van der Waals surface area contributed by atoms with Crippen LogP contribution in [0.25, 0.3) is 11.0 Å². The minimum Gasteiger partial charge on any atom is -0.450 e. The lowest BCUT2D eigenvalue weighted by Gasteiger charge is -2.31. The van der Waals surface area contributed by atoms with Crippen molar-refractivity contribution in [1.29, 1.82) is 0 Å². The molecule has 1 aliphatic rings. The number of thioether (sulfide) groups is 1. The van der Waals surface area contributed by atoms with Crippen molar-refractivity contribution in [3.63, 3.8) is 0 Å². The number of aromatic nitrogens is 2. The molecule has 1 saturated heterocycles. The summed E-state index contributed by atoms with van der Waals surface area (Å²) in [4.78, 5) is 30.7. The van der Waals surface area contributed by atoms with Crippen molar-refractivity contribution in [2.75, 3.05) is 25.4 Å². The summed E-state index contributed by atoms with van der Waals surface area (Å²) in [6.45, 7) is 3.10. The number of hydrogen-bond donors (Lipinski definition) is 1. The molecule has 0 spiro atoms. The molecule has 12 heteroatoms. The number of piperidine rings is 1. The summed E-state index contributed by atoms with van der Waals surface area (Å²) in [5.74, 6) is -0.232. The van der Waals surface area contributed by atoms with Gasteiger partial charge in [-0.25, -0.2) is 22.2 Å². The third kappa shape index (κ3) is 5.74. The van der Waals surface area contributed by atoms with Crippen LogP contribution < -0.4 is 5.32 Å². The number of imidazole rings is 1.